The topological polar surface area (TPSA) is 55.8 Å². The highest BCUT2D eigenvalue weighted by Crippen LogP contribution is 2.39. The summed E-state index contributed by atoms with van der Waals surface area (Å²) in [6, 6.07) is 0. The van der Waals surface area contributed by atoms with Crippen LogP contribution in [0.3, 0.4) is 0 Å². The maximum Gasteiger partial charge on any atom is 0.333 e. The van der Waals surface area contributed by atoms with E-state index in [9.17, 15) is 9.90 Å². The summed E-state index contributed by atoms with van der Waals surface area (Å²) in [6.45, 7) is 25.4. The molecular formula is C17H36O4Si2. The van der Waals surface area contributed by atoms with E-state index in [1.807, 2.05) is 0 Å². The third kappa shape index (κ3) is 6.17. The molecule has 1 atom stereocenters. The van der Waals surface area contributed by atoms with E-state index < -0.39 is 28.7 Å². The molecule has 0 radical (unpaired) electrons. The molecular weight excluding hydrogens is 324 g/mol. The van der Waals surface area contributed by atoms with Crippen LogP contribution in [-0.4, -0.2) is 40.4 Å². The van der Waals surface area contributed by atoms with Gasteiger partial charge >= 0.3 is 5.97 Å². The quantitative estimate of drug-likeness (QED) is 0.510. The third-order valence-corrected chi connectivity index (χ3v) is 14.3. The van der Waals surface area contributed by atoms with Crippen molar-refractivity contribution >= 4 is 22.6 Å². The molecule has 0 heterocycles. The molecule has 0 fully saturated rings. The zero-order chi connectivity index (χ0) is 18.9. The predicted molar refractivity (Wildman–Crippen MR) is 102 cm³/mol. The maximum absolute atomic E-state index is 11.4. The van der Waals surface area contributed by atoms with E-state index in [2.05, 4.69) is 74.3 Å². The van der Waals surface area contributed by atoms with Gasteiger partial charge in [0.2, 0.25) is 0 Å². The third-order valence-electron chi connectivity index (χ3n) is 5.31. The van der Waals surface area contributed by atoms with Gasteiger partial charge in [0.05, 0.1) is 18.3 Å². The molecule has 0 aromatic carbocycles. The summed E-state index contributed by atoms with van der Waals surface area (Å²) >= 11 is 0. The van der Waals surface area contributed by atoms with Gasteiger partial charge in [-0.1, -0.05) is 48.1 Å². The minimum absolute atomic E-state index is 0.000999. The first-order chi connectivity index (χ1) is 9.92. The van der Waals surface area contributed by atoms with Crippen molar-refractivity contribution in [1.29, 1.82) is 0 Å². The fraction of sp³-hybridized carbons (Fsp3) is 0.824. The Kier molecular flexibility index (Phi) is 7.07. The number of aliphatic carboxylic acids is 1. The van der Waals surface area contributed by atoms with Crippen LogP contribution in [0.15, 0.2) is 12.2 Å². The monoisotopic (exact) mass is 360 g/mol. The van der Waals surface area contributed by atoms with Crippen LogP contribution in [0.1, 0.15) is 41.5 Å². The highest BCUT2D eigenvalue weighted by atomic mass is 28.4. The molecule has 0 saturated heterocycles. The van der Waals surface area contributed by atoms with E-state index in [-0.39, 0.29) is 22.3 Å². The first kappa shape index (κ1) is 22.6. The van der Waals surface area contributed by atoms with Crippen molar-refractivity contribution in [3.05, 3.63) is 12.2 Å². The molecule has 0 aliphatic heterocycles. The molecule has 1 N–H and O–H groups in total. The molecule has 4 nitrogen and oxygen atoms in total. The van der Waals surface area contributed by atoms with E-state index >= 15 is 0 Å². The SMILES string of the molecule is C=C(C(=O)O)[C@@H](CO[Si](C)(C)C(C)(C)C)O[Si](C)(C)C(C)(C)C. The summed E-state index contributed by atoms with van der Waals surface area (Å²) < 4.78 is 12.5. The van der Waals surface area contributed by atoms with Gasteiger partial charge in [-0.25, -0.2) is 4.79 Å². The van der Waals surface area contributed by atoms with Crippen molar-refractivity contribution in [2.75, 3.05) is 6.61 Å². The second-order valence-corrected chi connectivity index (χ2v) is 18.8. The summed E-state index contributed by atoms with van der Waals surface area (Å²) in [6.07, 6.45) is -0.595. The fourth-order valence-electron chi connectivity index (χ4n) is 1.38. The minimum atomic E-state index is -2.11. The van der Waals surface area contributed by atoms with E-state index in [4.69, 9.17) is 8.85 Å². The van der Waals surface area contributed by atoms with E-state index in [0.717, 1.165) is 0 Å². The Hall–Kier alpha value is -0.436. The zero-order valence-electron chi connectivity index (χ0n) is 16.7. The maximum atomic E-state index is 11.4. The number of hydrogen-bond donors (Lipinski definition) is 1. The molecule has 0 aromatic heterocycles. The molecule has 0 saturated carbocycles. The van der Waals surface area contributed by atoms with Crippen LogP contribution in [0, 0.1) is 0 Å². The molecule has 6 heteroatoms. The number of carboxylic acids is 1. The number of rotatable bonds is 7. The molecule has 0 aliphatic carbocycles. The Labute approximate surface area is 144 Å². The summed E-state index contributed by atoms with van der Waals surface area (Å²) in [5.74, 6) is -1.02. The molecule has 0 bridgehead atoms. The second kappa shape index (κ2) is 7.21. The van der Waals surface area contributed by atoms with E-state index in [0.29, 0.717) is 0 Å². The first-order valence-corrected chi connectivity index (χ1v) is 14.0. The van der Waals surface area contributed by atoms with Gasteiger partial charge in [-0.15, -0.1) is 0 Å². The second-order valence-electron chi connectivity index (χ2n) is 9.27. The van der Waals surface area contributed by atoms with Crippen molar-refractivity contribution in [3.63, 3.8) is 0 Å². The number of hydrogen-bond acceptors (Lipinski definition) is 3. The molecule has 0 amide bonds. The standard InChI is InChI=1S/C17H36O4Si2/c1-13(15(18)19)14(21-23(10,11)17(5,6)7)12-20-22(8,9)16(2,3)4/h14H,1,12H2,2-11H3,(H,18,19)/t14-/m1/s1. The predicted octanol–water partition coefficient (Wildman–Crippen LogP) is 5.04. The van der Waals surface area contributed by atoms with Crippen LogP contribution in [-0.2, 0) is 13.6 Å². The van der Waals surface area contributed by atoms with Crippen molar-refractivity contribution in [3.8, 4) is 0 Å². The van der Waals surface area contributed by atoms with Crippen molar-refractivity contribution < 1.29 is 18.8 Å². The van der Waals surface area contributed by atoms with Crippen LogP contribution < -0.4 is 0 Å². The lowest BCUT2D eigenvalue weighted by Gasteiger charge is -2.41. The number of carboxylic acid groups (broad SMARTS) is 1. The average molecular weight is 361 g/mol. The van der Waals surface area contributed by atoms with Gasteiger partial charge in [-0.05, 0) is 36.3 Å². The Morgan fingerprint density at radius 3 is 1.70 bits per heavy atom. The highest BCUT2D eigenvalue weighted by molar-refractivity contribution is 6.74. The van der Waals surface area contributed by atoms with Gasteiger partial charge in [0, 0.05) is 0 Å². The van der Waals surface area contributed by atoms with Crippen LogP contribution in [0.5, 0.6) is 0 Å². The fourth-order valence-corrected chi connectivity index (χ4v) is 3.65. The van der Waals surface area contributed by atoms with Crippen LogP contribution in [0.2, 0.25) is 36.3 Å². The highest BCUT2D eigenvalue weighted by Gasteiger charge is 2.42. The summed E-state index contributed by atoms with van der Waals surface area (Å²) in [5.41, 5.74) is 0.0773. The molecule has 136 valence electrons. The summed E-state index contributed by atoms with van der Waals surface area (Å²) in [5, 5.41) is 9.40. The van der Waals surface area contributed by atoms with Crippen LogP contribution >= 0.6 is 0 Å². The summed E-state index contributed by atoms with van der Waals surface area (Å²) in [4.78, 5) is 11.4. The Bertz CT molecular complexity index is 442. The number of carbonyl (C=O) groups is 1. The van der Waals surface area contributed by atoms with Gasteiger partial charge in [-0.3, -0.25) is 0 Å². The van der Waals surface area contributed by atoms with Crippen molar-refractivity contribution in [1.82, 2.24) is 0 Å². The molecule has 0 aliphatic rings. The van der Waals surface area contributed by atoms with Gasteiger partial charge < -0.3 is 14.0 Å². The Balaban J connectivity index is 5.29. The zero-order valence-corrected chi connectivity index (χ0v) is 18.7. The van der Waals surface area contributed by atoms with Gasteiger partial charge in [0.25, 0.3) is 0 Å². The first-order valence-electron chi connectivity index (χ1n) is 8.16. The molecule has 0 rings (SSSR count). The lowest BCUT2D eigenvalue weighted by molar-refractivity contribution is -0.133. The normalized spacial score (nSPS) is 15.4. The van der Waals surface area contributed by atoms with Crippen molar-refractivity contribution in [2.45, 2.75) is 83.9 Å². The van der Waals surface area contributed by atoms with Gasteiger partial charge in [0.1, 0.15) is 0 Å². The Morgan fingerprint density at radius 2 is 1.39 bits per heavy atom. The molecule has 0 unspecified atom stereocenters. The summed E-state index contributed by atoms with van der Waals surface area (Å²) in [7, 11) is -4.08. The minimum Gasteiger partial charge on any atom is -0.478 e. The lowest BCUT2D eigenvalue weighted by Crippen LogP contribution is -2.48. The Morgan fingerprint density at radius 1 is 1.00 bits per heavy atom. The van der Waals surface area contributed by atoms with Gasteiger partial charge in [-0.2, -0.15) is 0 Å². The molecule has 0 spiro atoms. The molecule has 0 aromatic rings. The van der Waals surface area contributed by atoms with E-state index in [1.165, 1.54) is 0 Å². The van der Waals surface area contributed by atoms with Crippen LogP contribution in [0.25, 0.3) is 0 Å². The smallest absolute Gasteiger partial charge is 0.333 e. The van der Waals surface area contributed by atoms with Crippen molar-refractivity contribution in [2.24, 2.45) is 0 Å². The van der Waals surface area contributed by atoms with E-state index in [1.54, 1.807) is 0 Å². The largest absolute Gasteiger partial charge is 0.478 e. The van der Waals surface area contributed by atoms with Gasteiger partial charge in [0.15, 0.2) is 16.6 Å². The van der Waals surface area contributed by atoms with Crippen LogP contribution in [0.4, 0.5) is 0 Å². The lowest BCUT2D eigenvalue weighted by atomic mass is 10.2. The average Bonchev–Trinajstić information content (AvgIpc) is 2.30. The molecule has 23 heavy (non-hydrogen) atoms.